The number of rotatable bonds is 5. The zero-order chi connectivity index (χ0) is 13.7. The van der Waals surface area contributed by atoms with Crippen LogP contribution >= 0.6 is 11.3 Å². The molecule has 1 aromatic carbocycles. The lowest BCUT2D eigenvalue weighted by Crippen LogP contribution is -2.18. The van der Waals surface area contributed by atoms with Crippen LogP contribution in [0.4, 0.5) is 0 Å². The molecule has 0 amide bonds. The second-order valence-corrected chi connectivity index (χ2v) is 5.28. The number of amidine groups is 1. The number of thiophene rings is 1. The monoisotopic (exact) mass is 275 g/mol. The summed E-state index contributed by atoms with van der Waals surface area (Å²) in [7, 11) is 0. The minimum absolute atomic E-state index is 0.133. The molecule has 0 aliphatic rings. The van der Waals surface area contributed by atoms with E-state index in [-0.39, 0.29) is 5.84 Å². The van der Waals surface area contributed by atoms with Crippen LogP contribution in [0.3, 0.4) is 0 Å². The van der Waals surface area contributed by atoms with Gasteiger partial charge < -0.3 is 16.3 Å². The van der Waals surface area contributed by atoms with Gasteiger partial charge in [0.25, 0.3) is 0 Å². The molecule has 2 aromatic rings. The van der Waals surface area contributed by atoms with E-state index in [9.17, 15) is 0 Å². The number of nitrogens with zero attached hydrogens (tertiary/aromatic N) is 1. The smallest absolute Gasteiger partial charge is 0.170 e. The molecule has 1 heterocycles. The fraction of sp³-hybridized carbons (Fsp3) is 0.214. The summed E-state index contributed by atoms with van der Waals surface area (Å²) in [5, 5.41) is 17.2. The van der Waals surface area contributed by atoms with Crippen molar-refractivity contribution < 1.29 is 5.21 Å². The van der Waals surface area contributed by atoms with Crippen molar-refractivity contribution >= 4 is 17.2 Å². The van der Waals surface area contributed by atoms with Gasteiger partial charge in [-0.15, -0.1) is 11.3 Å². The van der Waals surface area contributed by atoms with Gasteiger partial charge in [0.05, 0.1) is 0 Å². The van der Waals surface area contributed by atoms with Crippen molar-refractivity contribution in [1.29, 1.82) is 0 Å². The van der Waals surface area contributed by atoms with E-state index in [1.165, 1.54) is 4.88 Å². The normalized spacial score (nSPS) is 13.4. The van der Waals surface area contributed by atoms with Crippen LogP contribution in [-0.4, -0.2) is 11.0 Å². The largest absolute Gasteiger partial charge is 0.409 e. The highest BCUT2D eigenvalue weighted by Gasteiger charge is 2.06. The molecule has 4 N–H and O–H groups in total. The summed E-state index contributed by atoms with van der Waals surface area (Å²) < 4.78 is 0. The summed E-state index contributed by atoms with van der Waals surface area (Å²) in [6.45, 7) is 2.88. The van der Waals surface area contributed by atoms with Gasteiger partial charge in [0, 0.05) is 23.0 Å². The van der Waals surface area contributed by atoms with E-state index in [4.69, 9.17) is 10.9 Å². The van der Waals surface area contributed by atoms with Crippen molar-refractivity contribution in [3.63, 3.8) is 0 Å². The average Bonchev–Trinajstić information content (AvgIpc) is 2.98. The molecular weight excluding hydrogens is 258 g/mol. The summed E-state index contributed by atoms with van der Waals surface area (Å²) >= 11 is 1.74. The zero-order valence-corrected chi connectivity index (χ0v) is 11.5. The average molecular weight is 275 g/mol. The van der Waals surface area contributed by atoms with Crippen LogP contribution in [0.1, 0.15) is 29.0 Å². The first kappa shape index (κ1) is 13.6. The van der Waals surface area contributed by atoms with Crippen LogP contribution in [0.5, 0.6) is 0 Å². The fourth-order valence-electron chi connectivity index (χ4n) is 1.81. The summed E-state index contributed by atoms with van der Waals surface area (Å²) in [6.07, 6.45) is 0. The molecule has 0 spiro atoms. The third-order valence-electron chi connectivity index (χ3n) is 2.91. The van der Waals surface area contributed by atoms with Gasteiger partial charge in [-0.1, -0.05) is 29.4 Å². The van der Waals surface area contributed by atoms with Gasteiger partial charge in [0.2, 0.25) is 0 Å². The molecule has 100 valence electrons. The summed E-state index contributed by atoms with van der Waals surface area (Å²) in [5.74, 6) is 0.133. The molecular formula is C14H17N3OS. The van der Waals surface area contributed by atoms with E-state index in [0.717, 1.165) is 17.7 Å². The molecule has 0 saturated heterocycles. The maximum atomic E-state index is 8.67. The maximum Gasteiger partial charge on any atom is 0.170 e. The lowest BCUT2D eigenvalue weighted by Gasteiger charge is -2.12. The topological polar surface area (TPSA) is 70.6 Å². The molecule has 1 atom stereocenters. The van der Waals surface area contributed by atoms with Gasteiger partial charge >= 0.3 is 0 Å². The molecule has 0 aliphatic heterocycles. The Balaban J connectivity index is 2.00. The SMILES string of the molecule is C[C@@H](NCc1cccc(/C(N)=N/O)c1)c1cccs1. The molecule has 0 saturated carbocycles. The lowest BCUT2D eigenvalue weighted by atomic mass is 10.1. The highest BCUT2D eigenvalue weighted by Crippen LogP contribution is 2.18. The van der Waals surface area contributed by atoms with E-state index < -0.39 is 0 Å². The molecule has 0 fully saturated rings. The van der Waals surface area contributed by atoms with E-state index in [0.29, 0.717) is 6.04 Å². The standard InChI is InChI=1S/C14H17N3OS/c1-10(13-6-3-7-19-13)16-9-11-4-2-5-12(8-11)14(15)17-18/h2-8,10,16,18H,9H2,1H3,(H2,15,17)/t10-/m1/s1. The Hall–Kier alpha value is -1.85. The highest BCUT2D eigenvalue weighted by molar-refractivity contribution is 7.10. The molecule has 0 unspecified atom stereocenters. The number of hydrogen-bond donors (Lipinski definition) is 3. The van der Waals surface area contributed by atoms with Gasteiger partial charge in [-0.2, -0.15) is 0 Å². The predicted octanol–water partition coefficient (Wildman–Crippen LogP) is 2.69. The highest BCUT2D eigenvalue weighted by atomic mass is 32.1. The van der Waals surface area contributed by atoms with Crippen LogP contribution < -0.4 is 11.1 Å². The van der Waals surface area contributed by atoms with Gasteiger partial charge in [0.15, 0.2) is 5.84 Å². The predicted molar refractivity (Wildman–Crippen MR) is 78.5 cm³/mol. The first-order valence-corrected chi connectivity index (χ1v) is 6.92. The van der Waals surface area contributed by atoms with Gasteiger partial charge in [-0.3, -0.25) is 0 Å². The maximum absolute atomic E-state index is 8.67. The van der Waals surface area contributed by atoms with Crippen molar-refractivity contribution in [3.05, 3.63) is 57.8 Å². The number of oxime groups is 1. The molecule has 2 rings (SSSR count). The minimum atomic E-state index is 0.133. The van der Waals surface area contributed by atoms with Crippen molar-refractivity contribution in [2.75, 3.05) is 0 Å². The van der Waals surface area contributed by atoms with Gasteiger partial charge in [0.1, 0.15) is 0 Å². The number of nitrogens with one attached hydrogen (secondary N) is 1. The van der Waals surface area contributed by atoms with Crippen LogP contribution in [0.25, 0.3) is 0 Å². The molecule has 0 radical (unpaired) electrons. The van der Waals surface area contributed by atoms with Gasteiger partial charge in [-0.25, -0.2) is 0 Å². The fourth-order valence-corrected chi connectivity index (χ4v) is 2.57. The number of hydrogen-bond acceptors (Lipinski definition) is 4. The Kier molecular flexibility index (Phi) is 4.54. The molecule has 4 nitrogen and oxygen atoms in total. The third-order valence-corrected chi connectivity index (χ3v) is 3.97. The summed E-state index contributed by atoms with van der Waals surface area (Å²) in [4.78, 5) is 1.31. The Bertz CT molecular complexity index is 552. The molecule has 1 aromatic heterocycles. The Labute approximate surface area is 116 Å². The van der Waals surface area contributed by atoms with Crippen molar-refractivity contribution in [1.82, 2.24) is 5.32 Å². The number of nitrogens with two attached hydrogens (primary N) is 1. The van der Waals surface area contributed by atoms with Gasteiger partial charge in [-0.05, 0) is 30.0 Å². The summed E-state index contributed by atoms with van der Waals surface area (Å²) in [5.41, 5.74) is 7.41. The quantitative estimate of drug-likeness (QED) is 0.340. The molecule has 5 heteroatoms. The molecule has 0 aliphatic carbocycles. The van der Waals surface area contributed by atoms with Crippen LogP contribution in [0.2, 0.25) is 0 Å². The van der Waals surface area contributed by atoms with E-state index in [1.54, 1.807) is 11.3 Å². The minimum Gasteiger partial charge on any atom is -0.409 e. The van der Waals surface area contributed by atoms with Crippen molar-refractivity contribution in [3.8, 4) is 0 Å². The van der Waals surface area contributed by atoms with Crippen molar-refractivity contribution in [2.24, 2.45) is 10.9 Å². The Morgan fingerprint density at radius 1 is 1.42 bits per heavy atom. The number of benzene rings is 1. The van der Waals surface area contributed by atoms with Crippen LogP contribution in [-0.2, 0) is 6.54 Å². The third kappa shape index (κ3) is 3.56. The second-order valence-electron chi connectivity index (χ2n) is 4.30. The van der Waals surface area contributed by atoms with E-state index in [1.807, 2.05) is 24.3 Å². The first-order chi connectivity index (χ1) is 9.20. The van der Waals surface area contributed by atoms with Crippen molar-refractivity contribution in [2.45, 2.75) is 19.5 Å². The van der Waals surface area contributed by atoms with E-state index in [2.05, 4.69) is 34.9 Å². The Morgan fingerprint density at radius 3 is 2.95 bits per heavy atom. The van der Waals surface area contributed by atoms with Crippen LogP contribution in [0.15, 0.2) is 46.9 Å². The van der Waals surface area contributed by atoms with Crippen LogP contribution in [0, 0.1) is 0 Å². The lowest BCUT2D eigenvalue weighted by molar-refractivity contribution is 0.318. The molecule has 0 bridgehead atoms. The summed E-state index contributed by atoms with van der Waals surface area (Å²) in [6, 6.07) is 12.1. The first-order valence-electron chi connectivity index (χ1n) is 6.04. The second kappa shape index (κ2) is 6.36. The molecule has 19 heavy (non-hydrogen) atoms. The van der Waals surface area contributed by atoms with E-state index >= 15 is 0 Å². The zero-order valence-electron chi connectivity index (χ0n) is 10.7. The Morgan fingerprint density at radius 2 is 2.26 bits per heavy atom.